The largest absolute Gasteiger partial charge is 0.310 e. The zero-order valence-electron chi connectivity index (χ0n) is 10.6. The molecule has 3 nitrogen and oxygen atoms in total. The minimum absolute atomic E-state index is 0.723. The van der Waals surface area contributed by atoms with E-state index in [1.54, 1.807) is 12.4 Å². The lowest BCUT2D eigenvalue weighted by Gasteiger charge is -2.10. The fourth-order valence-electron chi connectivity index (χ4n) is 2.06. The van der Waals surface area contributed by atoms with Crippen LogP contribution in [0.5, 0.6) is 0 Å². The second-order valence-electron chi connectivity index (χ2n) is 4.91. The summed E-state index contributed by atoms with van der Waals surface area (Å²) < 4.78 is 0. The molecule has 1 heterocycles. The first-order valence-corrected chi connectivity index (χ1v) is 6.42. The van der Waals surface area contributed by atoms with E-state index in [4.69, 9.17) is 0 Å². The molecular weight excluding hydrogens is 222 g/mol. The van der Waals surface area contributed by atoms with Crippen LogP contribution >= 0.6 is 0 Å². The quantitative estimate of drug-likeness (QED) is 0.891. The summed E-state index contributed by atoms with van der Waals surface area (Å²) in [6, 6.07) is 7.26. The van der Waals surface area contributed by atoms with Crippen LogP contribution in [0.15, 0.2) is 36.8 Å². The van der Waals surface area contributed by atoms with E-state index in [1.165, 1.54) is 29.5 Å². The second kappa shape index (κ2) is 4.86. The van der Waals surface area contributed by atoms with Gasteiger partial charge in [0.2, 0.25) is 0 Å². The Morgan fingerprint density at radius 1 is 1.28 bits per heavy atom. The second-order valence-corrected chi connectivity index (χ2v) is 4.91. The molecule has 0 bridgehead atoms. The van der Waals surface area contributed by atoms with Crippen LogP contribution in [0.1, 0.15) is 24.0 Å². The molecule has 0 unspecified atom stereocenters. The first-order valence-electron chi connectivity index (χ1n) is 6.42. The van der Waals surface area contributed by atoms with Gasteiger partial charge >= 0.3 is 0 Å². The zero-order valence-corrected chi connectivity index (χ0v) is 10.6. The molecule has 92 valence electrons. The van der Waals surface area contributed by atoms with E-state index in [0.29, 0.717) is 0 Å². The maximum Gasteiger partial charge on any atom is 0.0888 e. The van der Waals surface area contributed by atoms with Crippen molar-refractivity contribution in [1.29, 1.82) is 0 Å². The number of nitrogens with one attached hydrogen (secondary N) is 1. The van der Waals surface area contributed by atoms with Crippen molar-refractivity contribution in [3.05, 3.63) is 47.9 Å². The highest BCUT2D eigenvalue weighted by Gasteiger charge is 2.20. The van der Waals surface area contributed by atoms with Crippen molar-refractivity contribution in [2.24, 2.45) is 0 Å². The third kappa shape index (κ3) is 2.57. The van der Waals surface area contributed by atoms with Crippen molar-refractivity contribution in [2.75, 3.05) is 0 Å². The number of hydrogen-bond donors (Lipinski definition) is 1. The van der Waals surface area contributed by atoms with Gasteiger partial charge < -0.3 is 5.32 Å². The van der Waals surface area contributed by atoms with Gasteiger partial charge in [-0.05, 0) is 31.4 Å². The summed E-state index contributed by atoms with van der Waals surface area (Å²) in [5, 5.41) is 3.55. The van der Waals surface area contributed by atoms with E-state index in [-0.39, 0.29) is 0 Å². The number of rotatable bonds is 4. The molecule has 1 N–H and O–H groups in total. The van der Waals surface area contributed by atoms with E-state index in [1.807, 2.05) is 6.20 Å². The molecule has 0 spiro atoms. The lowest BCUT2D eigenvalue weighted by Crippen LogP contribution is -2.16. The minimum atomic E-state index is 0.723. The molecule has 1 aliphatic carbocycles. The van der Waals surface area contributed by atoms with Gasteiger partial charge in [-0.1, -0.05) is 17.7 Å². The van der Waals surface area contributed by atoms with Crippen molar-refractivity contribution >= 4 is 0 Å². The van der Waals surface area contributed by atoms with E-state index in [2.05, 4.69) is 40.4 Å². The Hall–Kier alpha value is -1.74. The Morgan fingerprint density at radius 3 is 2.89 bits per heavy atom. The predicted octanol–water partition coefficient (Wildman–Crippen LogP) is 2.70. The van der Waals surface area contributed by atoms with Crippen LogP contribution in [0.4, 0.5) is 0 Å². The molecular formula is C15H17N3. The van der Waals surface area contributed by atoms with Crippen LogP contribution in [0, 0.1) is 6.92 Å². The van der Waals surface area contributed by atoms with Gasteiger partial charge in [-0.2, -0.15) is 0 Å². The lowest BCUT2D eigenvalue weighted by atomic mass is 10.0. The summed E-state index contributed by atoms with van der Waals surface area (Å²) in [7, 11) is 0. The molecule has 1 saturated carbocycles. The molecule has 0 radical (unpaired) electrons. The molecule has 0 amide bonds. The summed E-state index contributed by atoms with van der Waals surface area (Å²) in [6.45, 7) is 3.02. The van der Waals surface area contributed by atoms with Crippen molar-refractivity contribution in [3.8, 4) is 11.3 Å². The van der Waals surface area contributed by atoms with Gasteiger partial charge in [0.15, 0.2) is 0 Å². The topological polar surface area (TPSA) is 37.8 Å². The molecule has 0 aliphatic heterocycles. The Balaban J connectivity index is 1.92. The molecule has 1 aliphatic rings. The smallest absolute Gasteiger partial charge is 0.0888 e. The normalized spacial score (nSPS) is 14.7. The van der Waals surface area contributed by atoms with E-state index < -0.39 is 0 Å². The Bertz CT molecular complexity index is 533. The Labute approximate surface area is 107 Å². The third-order valence-corrected chi connectivity index (χ3v) is 3.26. The van der Waals surface area contributed by atoms with E-state index in [0.717, 1.165) is 18.3 Å². The third-order valence-electron chi connectivity index (χ3n) is 3.26. The molecule has 2 aromatic rings. The summed E-state index contributed by atoms with van der Waals surface area (Å²) in [5.41, 5.74) is 4.70. The number of benzene rings is 1. The van der Waals surface area contributed by atoms with Crippen LogP contribution in [-0.2, 0) is 6.54 Å². The van der Waals surface area contributed by atoms with Gasteiger partial charge in [-0.3, -0.25) is 9.97 Å². The number of nitrogens with zero attached hydrogens (tertiary/aromatic N) is 2. The molecule has 1 fully saturated rings. The van der Waals surface area contributed by atoms with Gasteiger partial charge in [0.25, 0.3) is 0 Å². The van der Waals surface area contributed by atoms with Crippen LogP contribution in [0.25, 0.3) is 11.3 Å². The minimum Gasteiger partial charge on any atom is -0.310 e. The molecule has 3 rings (SSSR count). The molecule has 1 aromatic carbocycles. The lowest BCUT2D eigenvalue weighted by molar-refractivity contribution is 0.688. The van der Waals surface area contributed by atoms with Crippen molar-refractivity contribution in [1.82, 2.24) is 15.3 Å². The van der Waals surface area contributed by atoms with Gasteiger partial charge in [-0.25, -0.2) is 0 Å². The summed E-state index contributed by atoms with van der Waals surface area (Å²) in [5.74, 6) is 0. The highest BCUT2D eigenvalue weighted by molar-refractivity contribution is 5.63. The first-order chi connectivity index (χ1) is 8.83. The zero-order chi connectivity index (χ0) is 12.4. The maximum atomic E-state index is 4.40. The number of aromatic nitrogens is 2. The van der Waals surface area contributed by atoms with Gasteiger partial charge in [-0.15, -0.1) is 0 Å². The highest BCUT2D eigenvalue weighted by atomic mass is 14.9. The van der Waals surface area contributed by atoms with Crippen molar-refractivity contribution in [3.63, 3.8) is 0 Å². The fourth-order valence-corrected chi connectivity index (χ4v) is 2.06. The predicted molar refractivity (Wildman–Crippen MR) is 72.1 cm³/mol. The Morgan fingerprint density at radius 2 is 2.17 bits per heavy atom. The number of hydrogen-bond acceptors (Lipinski definition) is 3. The van der Waals surface area contributed by atoms with Crippen LogP contribution in [-0.4, -0.2) is 16.0 Å². The van der Waals surface area contributed by atoms with Crippen molar-refractivity contribution in [2.45, 2.75) is 32.4 Å². The average molecular weight is 239 g/mol. The van der Waals surface area contributed by atoms with Crippen molar-refractivity contribution < 1.29 is 0 Å². The molecule has 0 saturated heterocycles. The van der Waals surface area contributed by atoms with E-state index in [9.17, 15) is 0 Å². The number of aryl methyl sites for hydroxylation is 1. The molecule has 18 heavy (non-hydrogen) atoms. The highest BCUT2D eigenvalue weighted by Crippen LogP contribution is 2.24. The van der Waals surface area contributed by atoms with Gasteiger partial charge in [0.05, 0.1) is 11.9 Å². The first kappa shape index (κ1) is 11.4. The standard InChI is InChI=1S/C15H17N3/c1-11-2-3-12(9-18-13-4-5-13)14(8-11)15-10-16-6-7-17-15/h2-3,6-8,10,13,18H,4-5,9H2,1H3. The van der Waals surface area contributed by atoms with Crippen LogP contribution in [0.2, 0.25) is 0 Å². The Kier molecular flexibility index (Phi) is 3.07. The maximum absolute atomic E-state index is 4.40. The van der Waals surface area contributed by atoms with Crippen LogP contribution < -0.4 is 5.32 Å². The fraction of sp³-hybridized carbons (Fsp3) is 0.333. The van der Waals surface area contributed by atoms with Gasteiger partial charge in [0.1, 0.15) is 0 Å². The van der Waals surface area contributed by atoms with E-state index >= 15 is 0 Å². The average Bonchev–Trinajstić information content (AvgIpc) is 3.22. The van der Waals surface area contributed by atoms with Gasteiger partial charge in [0, 0.05) is 30.5 Å². The SMILES string of the molecule is Cc1ccc(CNC2CC2)c(-c2cnccn2)c1. The molecule has 1 aromatic heterocycles. The summed E-state index contributed by atoms with van der Waals surface area (Å²) >= 11 is 0. The monoisotopic (exact) mass is 239 g/mol. The summed E-state index contributed by atoms with van der Waals surface area (Å²) in [4.78, 5) is 8.56. The summed E-state index contributed by atoms with van der Waals surface area (Å²) in [6.07, 6.45) is 7.91. The molecule has 3 heteroatoms. The van der Waals surface area contributed by atoms with Crippen LogP contribution in [0.3, 0.4) is 0 Å². The molecule has 0 atom stereocenters.